The molecule has 0 saturated carbocycles. The summed E-state index contributed by atoms with van der Waals surface area (Å²) in [4.78, 5) is 0. The Morgan fingerprint density at radius 2 is 2.20 bits per heavy atom. The van der Waals surface area contributed by atoms with Crippen LogP contribution < -0.4 is 0 Å². The predicted molar refractivity (Wildman–Crippen MR) is 41.1 cm³/mol. The third-order valence-electron chi connectivity index (χ3n) is 1.50. The fraction of sp³-hybridized carbons (Fsp3) is 0.333. The highest BCUT2D eigenvalue weighted by molar-refractivity contribution is 5.34. The minimum absolute atomic E-state index is 0.355. The Bertz CT molecular complexity index is 228. The second kappa shape index (κ2) is 2.74. The SMILES string of the molecule is CCc1[c]c(C)ccc1O. The first-order valence-corrected chi connectivity index (χ1v) is 3.44. The lowest BCUT2D eigenvalue weighted by atomic mass is 10.1. The number of hydrogen-bond acceptors (Lipinski definition) is 1. The van der Waals surface area contributed by atoms with Gasteiger partial charge in [-0.15, -0.1) is 0 Å². The van der Waals surface area contributed by atoms with Gasteiger partial charge in [-0.25, -0.2) is 0 Å². The normalized spacial score (nSPS) is 9.80. The second-order valence-electron chi connectivity index (χ2n) is 2.36. The van der Waals surface area contributed by atoms with Gasteiger partial charge in [0.15, 0.2) is 0 Å². The minimum atomic E-state index is 0.355. The second-order valence-corrected chi connectivity index (χ2v) is 2.36. The largest absolute Gasteiger partial charge is 0.508 e. The highest BCUT2D eigenvalue weighted by atomic mass is 16.3. The van der Waals surface area contributed by atoms with Crippen LogP contribution in [0.25, 0.3) is 0 Å². The number of phenols is 1. The molecule has 0 bridgehead atoms. The Labute approximate surface area is 61.3 Å². The molecule has 0 atom stereocenters. The lowest BCUT2D eigenvalue weighted by Crippen LogP contribution is -1.82. The summed E-state index contributed by atoms with van der Waals surface area (Å²) >= 11 is 0. The van der Waals surface area contributed by atoms with Gasteiger partial charge in [0, 0.05) is 5.56 Å². The van der Waals surface area contributed by atoms with Crippen LogP contribution in [0.1, 0.15) is 18.1 Å². The molecule has 53 valence electrons. The smallest absolute Gasteiger partial charge is 0.119 e. The first-order chi connectivity index (χ1) is 4.74. The minimum Gasteiger partial charge on any atom is -0.508 e. The van der Waals surface area contributed by atoms with Crippen LogP contribution in [0.5, 0.6) is 5.75 Å². The molecule has 0 aromatic heterocycles. The van der Waals surface area contributed by atoms with E-state index in [0.29, 0.717) is 5.75 Å². The van der Waals surface area contributed by atoms with Crippen LogP contribution in [-0.4, -0.2) is 5.11 Å². The quantitative estimate of drug-likeness (QED) is 0.625. The van der Waals surface area contributed by atoms with Crippen molar-refractivity contribution in [2.24, 2.45) is 0 Å². The topological polar surface area (TPSA) is 20.2 Å². The van der Waals surface area contributed by atoms with E-state index >= 15 is 0 Å². The molecule has 1 N–H and O–H groups in total. The monoisotopic (exact) mass is 135 g/mol. The van der Waals surface area contributed by atoms with Crippen LogP contribution in [0, 0.1) is 13.0 Å². The van der Waals surface area contributed by atoms with E-state index < -0.39 is 0 Å². The van der Waals surface area contributed by atoms with E-state index in [1.807, 2.05) is 19.9 Å². The maximum absolute atomic E-state index is 9.20. The molecule has 1 rings (SSSR count). The van der Waals surface area contributed by atoms with Crippen molar-refractivity contribution in [2.45, 2.75) is 20.3 Å². The van der Waals surface area contributed by atoms with Crippen LogP contribution in [0.15, 0.2) is 12.1 Å². The maximum Gasteiger partial charge on any atom is 0.119 e. The first kappa shape index (κ1) is 7.13. The Balaban J connectivity index is 3.09. The average Bonchev–Trinajstić information content (AvgIpc) is 1.94. The van der Waals surface area contributed by atoms with Gasteiger partial charge < -0.3 is 5.11 Å². The number of hydrogen-bond donors (Lipinski definition) is 1. The summed E-state index contributed by atoms with van der Waals surface area (Å²) in [6.45, 7) is 3.98. The van der Waals surface area contributed by atoms with Gasteiger partial charge in [-0.05, 0) is 31.0 Å². The van der Waals surface area contributed by atoms with Crippen LogP contribution in [0.2, 0.25) is 0 Å². The summed E-state index contributed by atoms with van der Waals surface area (Å²) in [7, 11) is 0. The van der Waals surface area contributed by atoms with Crippen LogP contribution in [0.3, 0.4) is 0 Å². The van der Waals surface area contributed by atoms with E-state index in [-0.39, 0.29) is 0 Å². The zero-order chi connectivity index (χ0) is 7.56. The Morgan fingerprint density at radius 1 is 1.50 bits per heavy atom. The van der Waals surface area contributed by atoms with Gasteiger partial charge >= 0.3 is 0 Å². The van der Waals surface area contributed by atoms with Crippen molar-refractivity contribution >= 4 is 0 Å². The zero-order valence-corrected chi connectivity index (χ0v) is 6.31. The van der Waals surface area contributed by atoms with Gasteiger partial charge in [0.05, 0.1) is 0 Å². The van der Waals surface area contributed by atoms with E-state index in [4.69, 9.17) is 0 Å². The van der Waals surface area contributed by atoms with Gasteiger partial charge in [0.2, 0.25) is 0 Å². The van der Waals surface area contributed by atoms with Crippen molar-refractivity contribution in [3.8, 4) is 5.75 Å². The third kappa shape index (κ3) is 1.29. The molecule has 0 amide bonds. The zero-order valence-electron chi connectivity index (χ0n) is 6.31. The van der Waals surface area contributed by atoms with Gasteiger partial charge in [0.25, 0.3) is 0 Å². The molecule has 0 aliphatic carbocycles. The van der Waals surface area contributed by atoms with E-state index in [0.717, 1.165) is 17.5 Å². The number of aryl methyl sites for hydroxylation is 2. The summed E-state index contributed by atoms with van der Waals surface area (Å²) in [5.41, 5.74) is 1.98. The van der Waals surface area contributed by atoms with Crippen molar-refractivity contribution in [1.29, 1.82) is 0 Å². The highest BCUT2D eigenvalue weighted by Crippen LogP contribution is 2.17. The molecular formula is C9H11O. The summed E-state index contributed by atoms with van der Waals surface area (Å²) in [6.07, 6.45) is 0.841. The lowest BCUT2D eigenvalue weighted by Gasteiger charge is -2.00. The van der Waals surface area contributed by atoms with Crippen LogP contribution >= 0.6 is 0 Å². The third-order valence-corrected chi connectivity index (χ3v) is 1.50. The maximum atomic E-state index is 9.20. The van der Waals surface area contributed by atoms with Gasteiger partial charge in [-0.1, -0.05) is 13.0 Å². The fourth-order valence-electron chi connectivity index (χ4n) is 0.918. The number of rotatable bonds is 1. The Morgan fingerprint density at radius 3 is 2.70 bits per heavy atom. The molecule has 1 aromatic carbocycles. The van der Waals surface area contributed by atoms with Crippen LogP contribution in [0.4, 0.5) is 0 Å². The van der Waals surface area contributed by atoms with E-state index in [1.54, 1.807) is 6.07 Å². The first-order valence-electron chi connectivity index (χ1n) is 3.44. The Hall–Kier alpha value is -0.980. The van der Waals surface area contributed by atoms with E-state index in [2.05, 4.69) is 6.07 Å². The van der Waals surface area contributed by atoms with Gasteiger partial charge in [-0.3, -0.25) is 0 Å². The van der Waals surface area contributed by atoms with Crippen molar-refractivity contribution in [2.75, 3.05) is 0 Å². The van der Waals surface area contributed by atoms with Crippen molar-refractivity contribution < 1.29 is 5.11 Å². The highest BCUT2D eigenvalue weighted by Gasteiger charge is 1.96. The standard InChI is InChI=1S/C9H11O/c1-3-8-6-7(2)4-5-9(8)10/h4-5,10H,3H2,1-2H3. The molecule has 1 radical (unpaired) electrons. The van der Waals surface area contributed by atoms with E-state index in [1.165, 1.54) is 0 Å². The average molecular weight is 135 g/mol. The summed E-state index contributed by atoms with van der Waals surface area (Å²) < 4.78 is 0. The van der Waals surface area contributed by atoms with Gasteiger partial charge in [-0.2, -0.15) is 0 Å². The summed E-state index contributed by atoms with van der Waals surface area (Å²) in [5, 5.41) is 9.20. The molecule has 1 heteroatoms. The van der Waals surface area contributed by atoms with Crippen LogP contribution in [-0.2, 0) is 6.42 Å². The van der Waals surface area contributed by atoms with E-state index in [9.17, 15) is 5.11 Å². The lowest BCUT2D eigenvalue weighted by molar-refractivity contribution is 0.468. The molecule has 10 heavy (non-hydrogen) atoms. The number of phenolic OH excluding ortho intramolecular Hbond substituents is 1. The van der Waals surface area contributed by atoms with Crippen molar-refractivity contribution in [3.63, 3.8) is 0 Å². The molecular weight excluding hydrogens is 124 g/mol. The summed E-state index contributed by atoms with van der Waals surface area (Å²) in [5.74, 6) is 0.355. The molecule has 0 unspecified atom stereocenters. The van der Waals surface area contributed by atoms with Crippen molar-refractivity contribution in [1.82, 2.24) is 0 Å². The summed E-state index contributed by atoms with van der Waals surface area (Å²) in [6, 6.07) is 6.64. The molecule has 1 nitrogen and oxygen atoms in total. The predicted octanol–water partition coefficient (Wildman–Crippen LogP) is 2.06. The fourth-order valence-corrected chi connectivity index (χ4v) is 0.918. The number of aromatic hydroxyl groups is 1. The molecule has 0 spiro atoms. The molecule has 0 saturated heterocycles. The Kier molecular flexibility index (Phi) is 1.95. The molecule has 0 aliphatic heterocycles. The number of benzene rings is 1. The molecule has 0 aliphatic rings. The van der Waals surface area contributed by atoms with Crippen molar-refractivity contribution in [3.05, 3.63) is 29.3 Å². The molecule has 1 aromatic rings. The van der Waals surface area contributed by atoms with Gasteiger partial charge in [0.1, 0.15) is 5.75 Å². The molecule has 0 heterocycles. The molecule has 0 fully saturated rings.